The first-order valence-corrected chi connectivity index (χ1v) is 8.72. The van der Waals surface area contributed by atoms with Crippen molar-refractivity contribution in [3.05, 3.63) is 64.7 Å². The van der Waals surface area contributed by atoms with E-state index in [0.29, 0.717) is 18.0 Å². The lowest BCUT2D eigenvalue weighted by molar-refractivity contribution is 0.0946. The Kier molecular flexibility index (Phi) is 4.11. The molecule has 6 heteroatoms. The number of carbonyl (C=O) groups is 1. The number of nitrogens with one attached hydrogen (secondary N) is 1. The van der Waals surface area contributed by atoms with E-state index in [1.54, 1.807) is 0 Å². The third-order valence-corrected chi connectivity index (χ3v) is 4.94. The van der Waals surface area contributed by atoms with E-state index >= 15 is 0 Å². The van der Waals surface area contributed by atoms with E-state index < -0.39 is 0 Å². The summed E-state index contributed by atoms with van der Waals surface area (Å²) >= 11 is 1.53. The SMILES string of the molecule is Cc1sc(-c2ccccc2)nc1C(=O)NCc1ccc2c(c1)OCO2. The zero-order valence-electron chi connectivity index (χ0n) is 13.6. The van der Waals surface area contributed by atoms with Gasteiger partial charge in [-0.3, -0.25) is 4.79 Å². The van der Waals surface area contributed by atoms with Crippen molar-refractivity contribution in [1.29, 1.82) is 0 Å². The lowest BCUT2D eigenvalue weighted by atomic mass is 10.2. The largest absolute Gasteiger partial charge is 0.454 e. The molecular formula is C19H16N2O3S. The number of ether oxygens (including phenoxy) is 2. The minimum atomic E-state index is -0.173. The number of fused-ring (bicyclic) bond motifs is 1. The monoisotopic (exact) mass is 352 g/mol. The van der Waals surface area contributed by atoms with Crippen molar-refractivity contribution in [3.63, 3.8) is 0 Å². The normalized spacial score (nSPS) is 12.2. The first-order chi connectivity index (χ1) is 12.2. The van der Waals surface area contributed by atoms with Gasteiger partial charge in [-0.05, 0) is 24.6 Å². The van der Waals surface area contributed by atoms with Gasteiger partial charge in [0.05, 0.1) is 0 Å². The molecule has 0 spiro atoms. The number of thiazole rings is 1. The predicted molar refractivity (Wildman–Crippen MR) is 96.0 cm³/mol. The van der Waals surface area contributed by atoms with Crippen LogP contribution in [0.25, 0.3) is 10.6 Å². The topological polar surface area (TPSA) is 60.5 Å². The zero-order chi connectivity index (χ0) is 17.2. The zero-order valence-corrected chi connectivity index (χ0v) is 14.4. The lowest BCUT2D eigenvalue weighted by Gasteiger charge is -2.05. The molecule has 2 heterocycles. The fourth-order valence-corrected chi connectivity index (χ4v) is 3.54. The maximum absolute atomic E-state index is 12.5. The van der Waals surface area contributed by atoms with Gasteiger partial charge in [-0.15, -0.1) is 11.3 Å². The highest BCUT2D eigenvalue weighted by Crippen LogP contribution is 2.32. The molecule has 25 heavy (non-hydrogen) atoms. The highest BCUT2D eigenvalue weighted by Gasteiger charge is 2.17. The fourth-order valence-electron chi connectivity index (χ4n) is 2.63. The quantitative estimate of drug-likeness (QED) is 0.776. The second-order valence-electron chi connectivity index (χ2n) is 5.66. The second kappa shape index (κ2) is 6.57. The summed E-state index contributed by atoms with van der Waals surface area (Å²) in [6, 6.07) is 15.5. The van der Waals surface area contributed by atoms with Crippen molar-refractivity contribution in [3.8, 4) is 22.1 Å². The number of amides is 1. The van der Waals surface area contributed by atoms with Gasteiger partial charge in [0, 0.05) is 17.0 Å². The summed E-state index contributed by atoms with van der Waals surface area (Å²) in [5, 5.41) is 3.77. The van der Waals surface area contributed by atoms with Crippen molar-refractivity contribution in [2.75, 3.05) is 6.79 Å². The Morgan fingerprint density at radius 2 is 1.96 bits per heavy atom. The van der Waals surface area contributed by atoms with Crippen LogP contribution in [-0.2, 0) is 6.54 Å². The third-order valence-electron chi connectivity index (χ3n) is 3.92. The highest BCUT2D eigenvalue weighted by atomic mass is 32.1. The molecule has 0 saturated carbocycles. The standard InChI is InChI=1S/C19H16N2O3S/c1-12-17(21-19(25-12)14-5-3-2-4-6-14)18(22)20-10-13-7-8-15-16(9-13)24-11-23-15/h2-9H,10-11H2,1H3,(H,20,22). The van der Waals surface area contributed by atoms with Crippen molar-refractivity contribution in [2.45, 2.75) is 13.5 Å². The van der Waals surface area contributed by atoms with Gasteiger partial charge in [-0.1, -0.05) is 36.4 Å². The third kappa shape index (κ3) is 3.21. The Morgan fingerprint density at radius 3 is 2.80 bits per heavy atom. The number of aryl methyl sites for hydroxylation is 1. The summed E-state index contributed by atoms with van der Waals surface area (Å²) in [6.45, 7) is 2.57. The Bertz CT molecular complexity index is 922. The first kappa shape index (κ1) is 15.7. The molecule has 1 aliphatic heterocycles. The van der Waals surface area contributed by atoms with Crippen LogP contribution >= 0.6 is 11.3 Å². The number of hydrogen-bond acceptors (Lipinski definition) is 5. The average Bonchev–Trinajstić information content (AvgIpc) is 3.26. The molecule has 0 fully saturated rings. The van der Waals surface area contributed by atoms with E-state index in [1.165, 1.54) is 11.3 Å². The van der Waals surface area contributed by atoms with Gasteiger partial charge < -0.3 is 14.8 Å². The maximum atomic E-state index is 12.5. The Labute approximate surface area is 149 Å². The fraction of sp³-hybridized carbons (Fsp3) is 0.158. The summed E-state index contributed by atoms with van der Waals surface area (Å²) < 4.78 is 10.6. The summed E-state index contributed by atoms with van der Waals surface area (Å²) in [5.41, 5.74) is 2.45. The number of aromatic nitrogens is 1. The summed E-state index contributed by atoms with van der Waals surface area (Å²) in [4.78, 5) is 17.9. The summed E-state index contributed by atoms with van der Waals surface area (Å²) in [6.07, 6.45) is 0. The molecule has 5 nitrogen and oxygen atoms in total. The van der Waals surface area contributed by atoms with Crippen LogP contribution in [-0.4, -0.2) is 17.7 Å². The molecule has 4 rings (SSSR count). The number of nitrogens with zero attached hydrogens (tertiary/aromatic N) is 1. The molecule has 0 bridgehead atoms. The van der Waals surface area contributed by atoms with Crippen molar-refractivity contribution < 1.29 is 14.3 Å². The highest BCUT2D eigenvalue weighted by molar-refractivity contribution is 7.15. The molecule has 3 aromatic rings. The van der Waals surface area contributed by atoms with E-state index in [4.69, 9.17) is 9.47 Å². The molecule has 0 unspecified atom stereocenters. The van der Waals surface area contributed by atoms with Gasteiger partial charge in [0.1, 0.15) is 10.7 Å². The van der Waals surface area contributed by atoms with Crippen LogP contribution in [0.4, 0.5) is 0 Å². The number of benzene rings is 2. The average molecular weight is 352 g/mol. The lowest BCUT2D eigenvalue weighted by Crippen LogP contribution is -2.23. The van der Waals surface area contributed by atoms with Gasteiger partial charge in [-0.25, -0.2) is 4.98 Å². The molecule has 1 N–H and O–H groups in total. The molecule has 1 aliphatic rings. The summed E-state index contributed by atoms with van der Waals surface area (Å²) in [7, 11) is 0. The van der Waals surface area contributed by atoms with Gasteiger partial charge in [0.25, 0.3) is 5.91 Å². The second-order valence-corrected chi connectivity index (χ2v) is 6.86. The van der Waals surface area contributed by atoms with Crippen LogP contribution < -0.4 is 14.8 Å². The van der Waals surface area contributed by atoms with Gasteiger partial charge in [0.2, 0.25) is 6.79 Å². The van der Waals surface area contributed by atoms with Crippen molar-refractivity contribution >= 4 is 17.2 Å². The van der Waals surface area contributed by atoms with Crippen LogP contribution in [0.1, 0.15) is 20.9 Å². The van der Waals surface area contributed by atoms with Gasteiger partial charge in [-0.2, -0.15) is 0 Å². The molecule has 0 radical (unpaired) electrons. The minimum absolute atomic E-state index is 0.173. The predicted octanol–water partition coefficient (Wildman–Crippen LogP) is 3.78. The number of hydrogen-bond donors (Lipinski definition) is 1. The van der Waals surface area contributed by atoms with Crippen LogP contribution in [0.2, 0.25) is 0 Å². The molecule has 0 saturated heterocycles. The molecule has 0 aliphatic carbocycles. The number of carbonyl (C=O) groups excluding carboxylic acids is 1. The Balaban J connectivity index is 1.47. The number of rotatable bonds is 4. The van der Waals surface area contributed by atoms with E-state index in [-0.39, 0.29) is 12.7 Å². The molecular weight excluding hydrogens is 336 g/mol. The van der Waals surface area contributed by atoms with Crippen molar-refractivity contribution in [1.82, 2.24) is 10.3 Å². The van der Waals surface area contributed by atoms with E-state index in [2.05, 4.69) is 10.3 Å². The molecule has 2 aromatic carbocycles. The van der Waals surface area contributed by atoms with Gasteiger partial charge in [0.15, 0.2) is 11.5 Å². The van der Waals surface area contributed by atoms with E-state index in [0.717, 1.165) is 26.8 Å². The first-order valence-electron chi connectivity index (χ1n) is 7.90. The van der Waals surface area contributed by atoms with Crippen LogP contribution in [0, 0.1) is 6.92 Å². The van der Waals surface area contributed by atoms with E-state index in [1.807, 2.05) is 55.5 Å². The smallest absolute Gasteiger partial charge is 0.271 e. The van der Waals surface area contributed by atoms with E-state index in [9.17, 15) is 4.79 Å². The van der Waals surface area contributed by atoms with Crippen molar-refractivity contribution in [2.24, 2.45) is 0 Å². The molecule has 1 amide bonds. The van der Waals surface area contributed by atoms with Crippen LogP contribution in [0.3, 0.4) is 0 Å². The molecule has 1 aromatic heterocycles. The van der Waals surface area contributed by atoms with Crippen LogP contribution in [0.15, 0.2) is 48.5 Å². The Hall–Kier alpha value is -2.86. The van der Waals surface area contributed by atoms with Crippen LogP contribution in [0.5, 0.6) is 11.5 Å². The summed E-state index contributed by atoms with van der Waals surface area (Å²) in [5.74, 6) is 1.27. The Morgan fingerprint density at radius 1 is 1.16 bits per heavy atom. The molecule has 0 atom stereocenters. The minimum Gasteiger partial charge on any atom is -0.454 e. The maximum Gasteiger partial charge on any atom is 0.271 e. The van der Waals surface area contributed by atoms with Gasteiger partial charge >= 0.3 is 0 Å². The molecule has 126 valence electrons.